The van der Waals surface area contributed by atoms with Gasteiger partial charge in [0.1, 0.15) is 0 Å². The molecule has 0 spiro atoms. The summed E-state index contributed by atoms with van der Waals surface area (Å²) in [6, 6.07) is 13.4. The Morgan fingerprint density at radius 2 is 1.61 bits per heavy atom. The summed E-state index contributed by atoms with van der Waals surface area (Å²) in [6.07, 6.45) is 3.04. The van der Waals surface area contributed by atoms with E-state index in [1.165, 1.54) is 28.6 Å². The number of nitrogens with one attached hydrogen (secondary N) is 1. The lowest BCUT2D eigenvalue weighted by Gasteiger charge is -2.25. The lowest BCUT2D eigenvalue weighted by atomic mass is 10.2. The summed E-state index contributed by atoms with van der Waals surface area (Å²) in [7, 11) is -3.52. The number of anilines is 1. The maximum atomic E-state index is 12.8. The first-order valence-corrected chi connectivity index (χ1v) is 12.1. The van der Waals surface area contributed by atoms with Gasteiger partial charge < -0.3 is 10.2 Å². The van der Waals surface area contributed by atoms with Gasteiger partial charge in [-0.2, -0.15) is 4.31 Å². The van der Waals surface area contributed by atoms with E-state index in [9.17, 15) is 18.0 Å². The molecule has 164 valence electrons. The zero-order valence-electron chi connectivity index (χ0n) is 17.6. The molecule has 7 nitrogen and oxygen atoms in total. The van der Waals surface area contributed by atoms with Gasteiger partial charge >= 0.3 is 0 Å². The Morgan fingerprint density at radius 1 is 0.968 bits per heavy atom. The lowest BCUT2D eigenvalue weighted by Crippen LogP contribution is -2.37. The smallest absolute Gasteiger partial charge is 0.251 e. The number of sulfonamides is 1. The Morgan fingerprint density at radius 3 is 2.26 bits per heavy atom. The van der Waals surface area contributed by atoms with Crippen molar-refractivity contribution in [2.45, 2.75) is 43.5 Å². The second kappa shape index (κ2) is 8.80. The van der Waals surface area contributed by atoms with Gasteiger partial charge in [-0.1, -0.05) is 24.1 Å². The fourth-order valence-electron chi connectivity index (χ4n) is 4.08. The topological polar surface area (TPSA) is 86.8 Å². The molecule has 2 aromatic rings. The fraction of sp³-hybridized carbons (Fsp3) is 0.391. The Kier molecular flexibility index (Phi) is 6.11. The second-order valence-electron chi connectivity index (χ2n) is 8.20. The van der Waals surface area contributed by atoms with E-state index in [4.69, 9.17) is 0 Å². The van der Waals surface area contributed by atoms with Gasteiger partial charge in [0.2, 0.25) is 15.9 Å². The predicted molar refractivity (Wildman–Crippen MR) is 118 cm³/mol. The maximum absolute atomic E-state index is 12.8. The molecule has 1 atom stereocenters. The van der Waals surface area contributed by atoms with Crippen molar-refractivity contribution in [3.8, 4) is 0 Å². The van der Waals surface area contributed by atoms with Gasteiger partial charge in [-0.15, -0.1) is 0 Å². The van der Waals surface area contributed by atoms with Crippen molar-refractivity contribution in [2.24, 2.45) is 0 Å². The number of rotatable bonds is 5. The van der Waals surface area contributed by atoms with Crippen LogP contribution >= 0.6 is 0 Å². The van der Waals surface area contributed by atoms with Crippen LogP contribution in [-0.2, 0) is 14.8 Å². The van der Waals surface area contributed by atoms with Gasteiger partial charge in [0.25, 0.3) is 5.91 Å². The molecule has 2 heterocycles. The molecule has 2 amide bonds. The molecule has 2 saturated heterocycles. The van der Waals surface area contributed by atoms with Crippen LogP contribution in [0.1, 0.15) is 41.6 Å². The van der Waals surface area contributed by atoms with Crippen molar-refractivity contribution in [3.05, 3.63) is 59.7 Å². The molecule has 0 unspecified atom stereocenters. The minimum absolute atomic E-state index is 0.0304. The van der Waals surface area contributed by atoms with E-state index in [0.29, 0.717) is 25.2 Å². The van der Waals surface area contributed by atoms with Gasteiger partial charge in [0.15, 0.2) is 0 Å². The molecule has 2 fully saturated rings. The van der Waals surface area contributed by atoms with Gasteiger partial charge in [-0.05, 0) is 56.2 Å². The Hall–Kier alpha value is -2.71. The Balaban J connectivity index is 1.40. The Bertz CT molecular complexity index is 1060. The van der Waals surface area contributed by atoms with E-state index in [1.807, 2.05) is 31.2 Å². The summed E-state index contributed by atoms with van der Waals surface area (Å²) in [5.74, 6) is -0.345. The fourth-order valence-corrected chi connectivity index (χ4v) is 5.60. The number of piperidine rings is 1. The molecule has 0 aliphatic carbocycles. The molecule has 0 saturated carbocycles. The van der Waals surface area contributed by atoms with Gasteiger partial charge in [-0.25, -0.2) is 8.42 Å². The molecule has 2 aromatic carbocycles. The average molecular weight is 442 g/mol. The molecular formula is C23H27N3O4S. The number of carbonyl (C=O) groups is 2. The third kappa shape index (κ3) is 4.65. The van der Waals surface area contributed by atoms with E-state index in [-0.39, 0.29) is 29.2 Å². The minimum Gasteiger partial charge on any atom is -0.347 e. The summed E-state index contributed by atoms with van der Waals surface area (Å²) < 4.78 is 27.0. The highest BCUT2D eigenvalue weighted by atomic mass is 32.2. The summed E-state index contributed by atoms with van der Waals surface area (Å²) in [4.78, 5) is 26.9. The van der Waals surface area contributed by atoms with Gasteiger partial charge in [-0.3, -0.25) is 9.59 Å². The van der Waals surface area contributed by atoms with Crippen LogP contribution in [0.4, 0.5) is 5.69 Å². The number of carbonyl (C=O) groups excluding carboxylic acids is 2. The highest BCUT2D eigenvalue weighted by molar-refractivity contribution is 7.89. The van der Waals surface area contributed by atoms with E-state index >= 15 is 0 Å². The van der Waals surface area contributed by atoms with Gasteiger partial charge in [0, 0.05) is 37.3 Å². The molecule has 2 aliphatic rings. The average Bonchev–Trinajstić information content (AvgIpc) is 3.14. The van der Waals surface area contributed by atoms with E-state index in [0.717, 1.165) is 30.5 Å². The number of aryl methyl sites for hydroxylation is 1. The molecular weight excluding hydrogens is 414 g/mol. The minimum atomic E-state index is -3.52. The first-order chi connectivity index (χ1) is 14.8. The first kappa shape index (κ1) is 21.5. The first-order valence-electron chi connectivity index (χ1n) is 10.6. The largest absolute Gasteiger partial charge is 0.347 e. The normalized spacial score (nSPS) is 20.1. The zero-order chi connectivity index (χ0) is 22.0. The van der Waals surface area contributed by atoms with Crippen molar-refractivity contribution in [1.29, 1.82) is 0 Å². The van der Waals surface area contributed by atoms with Crippen LogP contribution in [-0.4, -0.2) is 50.2 Å². The Labute approximate surface area is 183 Å². The molecule has 0 bridgehead atoms. The van der Waals surface area contributed by atoms with Gasteiger partial charge in [0.05, 0.1) is 10.9 Å². The monoisotopic (exact) mass is 441 g/mol. The van der Waals surface area contributed by atoms with Crippen molar-refractivity contribution < 1.29 is 18.0 Å². The number of benzene rings is 2. The lowest BCUT2D eigenvalue weighted by molar-refractivity contribution is -0.117. The molecule has 0 aromatic heterocycles. The highest BCUT2D eigenvalue weighted by Crippen LogP contribution is 2.23. The predicted octanol–water partition coefficient (Wildman–Crippen LogP) is 2.70. The van der Waals surface area contributed by atoms with Crippen LogP contribution in [0.15, 0.2) is 53.4 Å². The van der Waals surface area contributed by atoms with Crippen molar-refractivity contribution in [2.75, 3.05) is 24.5 Å². The molecule has 1 N–H and O–H groups in total. The number of amides is 2. The van der Waals surface area contributed by atoms with Crippen LogP contribution < -0.4 is 10.2 Å². The maximum Gasteiger partial charge on any atom is 0.251 e. The van der Waals surface area contributed by atoms with Crippen LogP contribution in [0.25, 0.3) is 0 Å². The van der Waals surface area contributed by atoms with E-state index in [1.54, 1.807) is 4.90 Å². The van der Waals surface area contributed by atoms with Crippen LogP contribution in [0.5, 0.6) is 0 Å². The zero-order valence-corrected chi connectivity index (χ0v) is 18.4. The highest BCUT2D eigenvalue weighted by Gasteiger charge is 2.32. The van der Waals surface area contributed by atoms with Crippen molar-refractivity contribution in [1.82, 2.24) is 9.62 Å². The van der Waals surface area contributed by atoms with Crippen molar-refractivity contribution in [3.63, 3.8) is 0 Å². The quantitative estimate of drug-likeness (QED) is 0.773. The standard InChI is InChI=1S/C23H27N3O4S/c1-17-5-9-20(10-6-17)26-16-19(15-22(26)27)24-23(28)18-7-11-21(12-8-18)31(29,30)25-13-3-2-4-14-25/h5-12,19H,2-4,13-16H2,1H3,(H,24,28)/t19-/m1/s1. The molecule has 2 aliphatic heterocycles. The van der Waals surface area contributed by atoms with E-state index < -0.39 is 10.0 Å². The molecule has 0 radical (unpaired) electrons. The second-order valence-corrected chi connectivity index (χ2v) is 10.1. The van der Waals surface area contributed by atoms with Crippen LogP contribution in [0, 0.1) is 6.92 Å². The van der Waals surface area contributed by atoms with E-state index in [2.05, 4.69) is 5.32 Å². The summed E-state index contributed by atoms with van der Waals surface area (Å²) in [5, 5.41) is 2.90. The summed E-state index contributed by atoms with van der Waals surface area (Å²) >= 11 is 0. The van der Waals surface area contributed by atoms with Crippen LogP contribution in [0.2, 0.25) is 0 Å². The summed E-state index contributed by atoms with van der Waals surface area (Å²) in [6.45, 7) is 3.48. The third-order valence-electron chi connectivity index (χ3n) is 5.88. The molecule has 31 heavy (non-hydrogen) atoms. The number of hydrogen-bond acceptors (Lipinski definition) is 4. The number of nitrogens with zero attached hydrogens (tertiary/aromatic N) is 2. The van der Waals surface area contributed by atoms with Crippen LogP contribution in [0.3, 0.4) is 0 Å². The molecule has 4 rings (SSSR count). The SMILES string of the molecule is Cc1ccc(N2C[C@H](NC(=O)c3ccc(S(=O)(=O)N4CCCCC4)cc3)CC2=O)cc1. The molecule has 8 heteroatoms. The summed E-state index contributed by atoms with van der Waals surface area (Å²) in [5.41, 5.74) is 2.31. The number of hydrogen-bond donors (Lipinski definition) is 1. The third-order valence-corrected chi connectivity index (χ3v) is 7.79. The van der Waals surface area contributed by atoms with Crippen molar-refractivity contribution >= 4 is 27.5 Å².